The zero-order valence-corrected chi connectivity index (χ0v) is 13.8. The molecule has 2 aromatic carbocycles. The third-order valence-electron chi connectivity index (χ3n) is 3.19. The summed E-state index contributed by atoms with van der Waals surface area (Å²) in [5.74, 6) is -0.489. The van der Waals surface area contributed by atoms with Crippen LogP contribution in [-0.4, -0.2) is 18.4 Å². The van der Waals surface area contributed by atoms with Crippen LogP contribution < -0.4 is 10.6 Å². The van der Waals surface area contributed by atoms with E-state index in [9.17, 15) is 9.59 Å². The number of hydrogen-bond acceptors (Lipinski definition) is 2. The Morgan fingerprint density at radius 2 is 1.68 bits per heavy atom. The number of hydrogen-bond donors (Lipinski definition) is 2. The molecular formula is C17H17BrN2O2. The molecule has 0 saturated heterocycles. The fourth-order valence-corrected chi connectivity index (χ4v) is 2.25. The van der Waals surface area contributed by atoms with Crippen molar-refractivity contribution >= 4 is 27.7 Å². The van der Waals surface area contributed by atoms with Crippen LogP contribution >= 0.6 is 15.9 Å². The lowest BCUT2D eigenvalue weighted by Gasteiger charge is -2.14. The molecule has 4 nitrogen and oxygen atoms in total. The molecule has 0 aliphatic heterocycles. The Morgan fingerprint density at radius 1 is 1.05 bits per heavy atom. The Morgan fingerprint density at radius 3 is 2.32 bits per heavy atom. The number of carbonyl (C=O) groups is 2. The lowest BCUT2D eigenvalue weighted by molar-refractivity contribution is -0.120. The molecule has 2 aromatic rings. The summed E-state index contributed by atoms with van der Waals surface area (Å²) in [6, 6.07) is 16.5. The van der Waals surface area contributed by atoms with Crippen LogP contribution in [-0.2, 0) is 4.79 Å². The molecule has 0 saturated carbocycles. The molecule has 22 heavy (non-hydrogen) atoms. The van der Waals surface area contributed by atoms with Gasteiger partial charge >= 0.3 is 0 Å². The van der Waals surface area contributed by atoms with E-state index in [1.165, 1.54) is 0 Å². The normalized spacial score (nSPS) is 11.5. The van der Waals surface area contributed by atoms with Gasteiger partial charge in [0.1, 0.15) is 0 Å². The van der Waals surface area contributed by atoms with Gasteiger partial charge in [-0.15, -0.1) is 0 Å². The molecule has 0 heterocycles. The van der Waals surface area contributed by atoms with E-state index in [1.807, 2.05) is 37.3 Å². The molecule has 0 bridgehead atoms. The Balaban J connectivity index is 1.82. The second-order valence-corrected chi connectivity index (χ2v) is 5.81. The van der Waals surface area contributed by atoms with Crippen LogP contribution in [0.4, 0.5) is 0 Å². The summed E-state index contributed by atoms with van der Waals surface area (Å²) in [6.07, 6.45) is 0. The fraction of sp³-hybridized carbons (Fsp3) is 0.176. The summed E-state index contributed by atoms with van der Waals surface area (Å²) in [5.41, 5.74) is 1.54. The third kappa shape index (κ3) is 4.70. The largest absolute Gasteiger partial charge is 0.348 e. The number of rotatable bonds is 5. The van der Waals surface area contributed by atoms with Crippen molar-refractivity contribution in [3.63, 3.8) is 0 Å². The van der Waals surface area contributed by atoms with E-state index in [-0.39, 0.29) is 24.4 Å². The number of carbonyl (C=O) groups excluding carboxylic acids is 2. The highest BCUT2D eigenvalue weighted by Crippen LogP contribution is 2.11. The molecule has 2 amide bonds. The van der Waals surface area contributed by atoms with E-state index in [0.717, 1.165) is 10.0 Å². The van der Waals surface area contributed by atoms with E-state index in [0.29, 0.717) is 5.56 Å². The van der Waals surface area contributed by atoms with Crippen molar-refractivity contribution in [3.8, 4) is 0 Å². The van der Waals surface area contributed by atoms with Gasteiger partial charge in [-0.25, -0.2) is 0 Å². The lowest BCUT2D eigenvalue weighted by Crippen LogP contribution is -2.38. The standard InChI is InChI=1S/C17H17BrN2O2/c1-12(13-5-3-2-4-6-13)20-16(21)11-19-17(22)14-7-9-15(18)10-8-14/h2-10,12H,11H2,1H3,(H,19,22)(H,20,21). The van der Waals surface area contributed by atoms with Gasteiger partial charge in [-0.3, -0.25) is 9.59 Å². The maximum absolute atomic E-state index is 11.9. The lowest BCUT2D eigenvalue weighted by atomic mass is 10.1. The van der Waals surface area contributed by atoms with Crippen LogP contribution in [0.3, 0.4) is 0 Å². The molecule has 5 heteroatoms. The van der Waals surface area contributed by atoms with Gasteiger partial charge < -0.3 is 10.6 Å². The molecule has 0 aliphatic rings. The summed E-state index contributed by atoms with van der Waals surface area (Å²) in [6.45, 7) is 1.86. The molecule has 0 aromatic heterocycles. The van der Waals surface area contributed by atoms with Gasteiger partial charge in [0.25, 0.3) is 5.91 Å². The van der Waals surface area contributed by atoms with Crippen molar-refractivity contribution < 1.29 is 9.59 Å². The summed E-state index contributed by atoms with van der Waals surface area (Å²) in [7, 11) is 0. The second kappa shape index (κ2) is 7.75. The average Bonchev–Trinajstić information content (AvgIpc) is 2.54. The Hall–Kier alpha value is -2.14. The summed E-state index contributed by atoms with van der Waals surface area (Å²) < 4.78 is 0.901. The SMILES string of the molecule is CC(NC(=O)CNC(=O)c1ccc(Br)cc1)c1ccccc1. The maximum atomic E-state index is 11.9. The topological polar surface area (TPSA) is 58.2 Å². The smallest absolute Gasteiger partial charge is 0.251 e. The third-order valence-corrected chi connectivity index (χ3v) is 3.72. The van der Waals surface area contributed by atoms with Crippen LogP contribution in [0.5, 0.6) is 0 Å². The van der Waals surface area contributed by atoms with Crippen molar-refractivity contribution in [2.24, 2.45) is 0 Å². The van der Waals surface area contributed by atoms with E-state index in [4.69, 9.17) is 0 Å². The molecule has 0 radical (unpaired) electrons. The molecular weight excluding hydrogens is 344 g/mol. The first-order valence-corrected chi connectivity index (χ1v) is 7.73. The Labute approximate surface area is 138 Å². The van der Waals surface area contributed by atoms with Gasteiger partial charge in [0.2, 0.25) is 5.91 Å². The Bertz CT molecular complexity index is 641. The zero-order valence-electron chi connectivity index (χ0n) is 12.2. The first kappa shape index (κ1) is 16.2. The van der Waals surface area contributed by atoms with Gasteiger partial charge in [0.15, 0.2) is 0 Å². The van der Waals surface area contributed by atoms with Crippen molar-refractivity contribution in [2.75, 3.05) is 6.54 Å². The van der Waals surface area contributed by atoms with Crippen LogP contribution in [0.15, 0.2) is 59.1 Å². The van der Waals surface area contributed by atoms with E-state index in [2.05, 4.69) is 26.6 Å². The molecule has 2 rings (SSSR count). The van der Waals surface area contributed by atoms with Crippen LogP contribution in [0.1, 0.15) is 28.9 Å². The van der Waals surface area contributed by atoms with Crippen LogP contribution in [0, 0.1) is 0 Å². The van der Waals surface area contributed by atoms with Crippen LogP contribution in [0.2, 0.25) is 0 Å². The summed E-state index contributed by atoms with van der Waals surface area (Å²) >= 11 is 3.31. The van der Waals surface area contributed by atoms with Gasteiger partial charge in [-0.2, -0.15) is 0 Å². The predicted molar refractivity (Wildman–Crippen MR) is 89.5 cm³/mol. The van der Waals surface area contributed by atoms with Crippen molar-refractivity contribution in [3.05, 3.63) is 70.2 Å². The second-order valence-electron chi connectivity index (χ2n) is 4.89. The minimum atomic E-state index is -0.269. The minimum Gasteiger partial charge on any atom is -0.348 e. The zero-order chi connectivity index (χ0) is 15.9. The van der Waals surface area contributed by atoms with Gasteiger partial charge in [-0.1, -0.05) is 46.3 Å². The summed E-state index contributed by atoms with van der Waals surface area (Å²) in [4.78, 5) is 23.8. The monoisotopic (exact) mass is 360 g/mol. The highest BCUT2D eigenvalue weighted by atomic mass is 79.9. The molecule has 114 valence electrons. The van der Waals surface area contributed by atoms with Gasteiger partial charge in [0.05, 0.1) is 12.6 Å². The van der Waals surface area contributed by atoms with Gasteiger partial charge in [0, 0.05) is 10.0 Å². The fourth-order valence-electron chi connectivity index (χ4n) is 1.98. The first-order chi connectivity index (χ1) is 10.6. The van der Waals surface area contributed by atoms with E-state index >= 15 is 0 Å². The highest BCUT2D eigenvalue weighted by molar-refractivity contribution is 9.10. The predicted octanol–water partition coefficient (Wildman–Crippen LogP) is 3.06. The molecule has 1 atom stereocenters. The van der Waals surface area contributed by atoms with E-state index in [1.54, 1.807) is 24.3 Å². The molecule has 1 unspecified atom stereocenters. The number of benzene rings is 2. The summed E-state index contributed by atoms with van der Waals surface area (Å²) in [5, 5.41) is 5.46. The van der Waals surface area contributed by atoms with E-state index < -0.39 is 0 Å². The van der Waals surface area contributed by atoms with Crippen LogP contribution in [0.25, 0.3) is 0 Å². The number of halogens is 1. The Kier molecular flexibility index (Phi) is 5.72. The van der Waals surface area contributed by atoms with Crippen molar-refractivity contribution in [2.45, 2.75) is 13.0 Å². The highest BCUT2D eigenvalue weighted by Gasteiger charge is 2.11. The number of amides is 2. The van der Waals surface area contributed by atoms with Gasteiger partial charge in [-0.05, 0) is 36.8 Å². The molecule has 0 fully saturated rings. The average molecular weight is 361 g/mol. The van der Waals surface area contributed by atoms with Crippen molar-refractivity contribution in [1.82, 2.24) is 10.6 Å². The quantitative estimate of drug-likeness (QED) is 0.860. The maximum Gasteiger partial charge on any atom is 0.251 e. The first-order valence-electron chi connectivity index (χ1n) is 6.94. The molecule has 0 spiro atoms. The minimum absolute atomic E-state index is 0.0495. The molecule has 0 aliphatic carbocycles. The van der Waals surface area contributed by atoms with Crippen molar-refractivity contribution in [1.29, 1.82) is 0 Å². The molecule has 2 N–H and O–H groups in total. The number of nitrogens with one attached hydrogen (secondary N) is 2.